The van der Waals surface area contributed by atoms with E-state index in [-0.39, 0.29) is 11.8 Å². The van der Waals surface area contributed by atoms with Crippen LogP contribution in [-0.4, -0.2) is 22.2 Å². The minimum absolute atomic E-state index is 0.0559. The van der Waals surface area contributed by atoms with E-state index in [1.54, 1.807) is 17.1 Å². The maximum atomic E-state index is 11.7. The smallest absolute Gasteiger partial charge is 0.224 e. The Bertz CT molecular complexity index is 349. The number of nitrogens with one attached hydrogen (secondary N) is 1. The van der Waals surface area contributed by atoms with E-state index in [2.05, 4.69) is 24.3 Å². The van der Waals surface area contributed by atoms with Crippen molar-refractivity contribution < 1.29 is 4.79 Å². The Kier molecular flexibility index (Phi) is 4.80. The summed E-state index contributed by atoms with van der Waals surface area (Å²) in [6, 6.07) is 0. The average molecular weight is 244 g/mol. The summed E-state index contributed by atoms with van der Waals surface area (Å²) < 4.78 is 1.68. The summed E-state index contributed by atoms with van der Waals surface area (Å²) in [5.41, 5.74) is 0. The molecule has 1 aromatic rings. The molecular formula is C11H18ClN3O. The third-order valence-corrected chi connectivity index (χ3v) is 2.39. The molecule has 1 atom stereocenters. The fraction of sp³-hybridized carbons (Fsp3) is 0.636. The molecule has 0 aliphatic rings. The van der Waals surface area contributed by atoms with Crippen molar-refractivity contribution in [3.8, 4) is 0 Å². The molecular weight excluding hydrogens is 226 g/mol. The van der Waals surface area contributed by atoms with Crippen LogP contribution < -0.4 is 5.32 Å². The van der Waals surface area contributed by atoms with Gasteiger partial charge in [0.25, 0.3) is 0 Å². The molecule has 1 heterocycles. The number of halogens is 1. The van der Waals surface area contributed by atoms with Gasteiger partial charge in [0.2, 0.25) is 5.91 Å². The second-order valence-electron chi connectivity index (χ2n) is 4.42. The number of nitrogens with zero attached hydrogens (tertiary/aromatic N) is 2. The summed E-state index contributed by atoms with van der Waals surface area (Å²) >= 11 is 5.74. The van der Waals surface area contributed by atoms with E-state index in [9.17, 15) is 4.79 Å². The quantitative estimate of drug-likeness (QED) is 0.859. The number of carbonyl (C=O) groups is 1. The number of rotatable bonds is 5. The summed E-state index contributed by atoms with van der Waals surface area (Å²) in [5.74, 6) is 0.422. The van der Waals surface area contributed by atoms with Gasteiger partial charge >= 0.3 is 0 Å². The van der Waals surface area contributed by atoms with Crippen molar-refractivity contribution in [1.82, 2.24) is 15.1 Å². The highest BCUT2D eigenvalue weighted by atomic mass is 35.5. The molecule has 0 unspecified atom stereocenters. The molecule has 0 saturated carbocycles. The van der Waals surface area contributed by atoms with Crippen LogP contribution in [-0.2, 0) is 11.3 Å². The standard InChI is InChI=1S/C11H18ClN3O/c1-8(2)4-13-11(16)9(3)6-15-7-10(12)5-14-15/h5,7-9H,4,6H2,1-3H3,(H,13,16)/t9-/m0/s1. The highest BCUT2D eigenvalue weighted by molar-refractivity contribution is 6.30. The van der Waals surface area contributed by atoms with Gasteiger partial charge in [0.05, 0.1) is 23.7 Å². The summed E-state index contributed by atoms with van der Waals surface area (Å²) in [6.45, 7) is 7.28. The second kappa shape index (κ2) is 5.89. The maximum absolute atomic E-state index is 11.7. The molecule has 0 aromatic carbocycles. The number of hydrogen-bond acceptors (Lipinski definition) is 2. The van der Waals surface area contributed by atoms with Gasteiger partial charge in [-0.25, -0.2) is 0 Å². The molecule has 1 N–H and O–H groups in total. The number of hydrogen-bond donors (Lipinski definition) is 1. The molecule has 0 spiro atoms. The van der Waals surface area contributed by atoms with Gasteiger partial charge in [-0.05, 0) is 5.92 Å². The molecule has 0 saturated heterocycles. The minimum Gasteiger partial charge on any atom is -0.356 e. The third-order valence-electron chi connectivity index (χ3n) is 2.19. The van der Waals surface area contributed by atoms with Crippen molar-refractivity contribution in [2.24, 2.45) is 11.8 Å². The zero-order valence-corrected chi connectivity index (χ0v) is 10.7. The lowest BCUT2D eigenvalue weighted by atomic mass is 10.1. The molecule has 0 fully saturated rings. The topological polar surface area (TPSA) is 46.9 Å². The van der Waals surface area contributed by atoms with E-state index in [0.717, 1.165) is 0 Å². The van der Waals surface area contributed by atoms with Gasteiger partial charge in [0, 0.05) is 12.7 Å². The van der Waals surface area contributed by atoms with Crippen LogP contribution in [0.25, 0.3) is 0 Å². The van der Waals surface area contributed by atoms with Crippen molar-refractivity contribution >= 4 is 17.5 Å². The average Bonchev–Trinajstić information content (AvgIpc) is 2.60. The van der Waals surface area contributed by atoms with Gasteiger partial charge in [0.15, 0.2) is 0 Å². The van der Waals surface area contributed by atoms with Crippen LogP contribution in [0.1, 0.15) is 20.8 Å². The molecule has 16 heavy (non-hydrogen) atoms. The first-order valence-corrected chi connectivity index (χ1v) is 5.82. The van der Waals surface area contributed by atoms with Crippen LogP contribution in [0.2, 0.25) is 5.02 Å². The van der Waals surface area contributed by atoms with Crippen molar-refractivity contribution in [2.45, 2.75) is 27.3 Å². The summed E-state index contributed by atoms with van der Waals surface area (Å²) in [5, 5.41) is 7.53. The van der Waals surface area contributed by atoms with E-state index >= 15 is 0 Å². The van der Waals surface area contributed by atoms with Crippen molar-refractivity contribution in [1.29, 1.82) is 0 Å². The van der Waals surface area contributed by atoms with Gasteiger partial charge in [-0.15, -0.1) is 0 Å². The molecule has 90 valence electrons. The molecule has 1 amide bonds. The monoisotopic (exact) mass is 243 g/mol. The Hall–Kier alpha value is -1.03. The van der Waals surface area contributed by atoms with E-state index in [1.807, 2.05) is 6.92 Å². The Morgan fingerprint density at radius 2 is 2.25 bits per heavy atom. The molecule has 1 aromatic heterocycles. The molecule has 0 aliphatic heterocycles. The second-order valence-corrected chi connectivity index (χ2v) is 4.86. The predicted octanol–water partition coefficient (Wildman–Crippen LogP) is 1.94. The zero-order chi connectivity index (χ0) is 12.1. The summed E-state index contributed by atoms with van der Waals surface area (Å²) in [6.07, 6.45) is 3.29. The van der Waals surface area contributed by atoms with Crippen molar-refractivity contribution in [2.75, 3.05) is 6.54 Å². The first-order chi connectivity index (χ1) is 7.49. The van der Waals surface area contributed by atoms with Gasteiger partial charge in [-0.3, -0.25) is 9.48 Å². The molecule has 4 nitrogen and oxygen atoms in total. The molecule has 5 heteroatoms. The Morgan fingerprint density at radius 1 is 1.56 bits per heavy atom. The Labute approximate surface area is 101 Å². The molecule has 0 radical (unpaired) electrons. The summed E-state index contributed by atoms with van der Waals surface area (Å²) in [7, 11) is 0. The Balaban J connectivity index is 2.39. The van der Waals surface area contributed by atoms with E-state index in [1.165, 1.54) is 0 Å². The van der Waals surface area contributed by atoms with Crippen LogP contribution >= 0.6 is 11.6 Å². The molecule has 0 aliphatic carbocycles. The van der Waals surface area contributed by atoms with E-state index in [0.29, 0.717) is 24.0 Å². The fourth-order valence-electron chi connectivity index (χ4n) is 1.28. The van der Waals surface area contributed by atoms with Crippen LogP contribution in [0.15, 0.2) is 12.4 Å². The first kappa shape index (κ1) is 13.0. The first-order valence-electron chi connectivity index (χ1n) is 5.44. The van der Waals surface area contributed by atoms with Gasteiger partial charge in [-0.1, -0.05) is 32.4 Å². The zero-order valence-electron chi connectivity index (χ0n) is 9.90. The van der Waals surface area contributed by atoms with Gasteiger partial charge in [0.1, 0.15) is 0 Å². The van der Waals surface area contributed by atoms with Crippen LogP contribution in [0.5, 0.6) is 0 Å². The molecule has 0 bridgehead atoms. The number of amides is 1. The minimum atomic E-state index is -0.102. The van der Waals surface area contributed by atoms with E-state index < -0.39 is 0 Å². The third kappa shape index (κ3) is 4.23. The highest BCUT2D eigenvalue weighted by Gasteiger charge is 2.13. The lowest BCUT2D eigenvalue weighted by Crippen LogP contribution is -2.34. The van der Waals surface area contributed by atoms with Crippen molar-refractivity contribution in [3.05, 3.63) is 17.4 Å². The highest BCUT2D eigenvalue weighted by Crippen LogP contribution is 2.07. The van der Waals surface area contributed by atoms with Crippen LogP contribution in [0.4, 0.5) is 0 Å². The number of aromatic nitrogens is 2. The SMILES string of the molecule is CC(C)CNC(=O)[C@@H](C)Cn1cc(Cl)cn1. The number of carbonyl (C=O) groups excluding carboxylic acids is 1. The fourth-order valence-corrected chi connectivity index (χ4v) is 1.44. The lowest BCUT2D eigenvalue weighted by Gasteiger charge is -2.13. The normalized spacial score (nSPS) is 12.8. The Morgan fingerprint density at radius 3 is 2.75 bits per heavy atom. The lowest BCUT2D eigenvalue weighted by molar-refractivity contribution is -0.125. The van der Waals surface area contributed by atoms with E-state index in [4.69, 9.17) is 11.6 Å². The molecule has 1 rings (SSSR count). The maximum Gasteiger partial charge on any atom is 0.224 e. The predicted molar refractivity (Wildman–Crippen MR) is 64.2 cm³/mol. The largest absolute Gasteiger partial charge is 0.356 e. The summed E-state index contributed by atoms with van der Waals surface area (Å²) in [4.78, 5) is 11.7. The van der Waals surface area contributed by atoms with Gasteiger partial charge < -0.3 is 5.32 Å². The van der Waals surface area contributed by atoms with Crippen LogP contribution in [0, 0.1) is 11.8 Å². The van der Waals surface area contributed by atoms with Gasteiger partial charge in [-0.2, -0.15) is 5.10 Å². The van der Waals surface area contributed by atoms with Crippen LogP contribution in [0.3, 0.4) is 0 Å². The van der Waals surface area contributed by atoms with Crippen molar-refractivity contribution in [3.63, 3.8) is 0 Å².